The highest BCUT2D eigenvalue weighted by molar-refractivity contribution is 5.72. The SMILES string of the molecule is CCc1nc(N2CCCc3ccc(N4CCCC4)cc32)cc(N2CCCC2CO)n1. The first-order valence-corrected chi connectivity index (χ1v) is 11.7. The second-order valence-corrected chi connectivity index (χ2v) is 8.79. The molecule has 1 N–H and O–H groups in total. The summed E-state index contributed by atoms with van der Waals surface area (Å²) in [5.41, 5.74) is 4.05. The molecule has 0 aliphatic carbocycles. The van der Waals surface area contributed by atoms with Gasteiger partial charge in [0.1, 0.15) is 17.5 Å². The van der Waals surface area contributed by atoms with E-state index in [1.165, 1.54) is 29.8 Å². The third-order valence-electron chi connectivity index (χ3n) is 6.88. The van der Waals surface area contributed by atoms with E-state index in [-0.39, 0.29) is 12.6 Å². The Labute approximate surface area is 179 Å². The van der Waals surface area contributed by atoms with Gasteiger partial charge in [0.2, 0.25) is 0 Å². The number of aliphatic hydroxyl groups is 1. The molecule has 6 nitrogen and oxygen atoms in total. The van der Waals surface area contributed by atoms with Gasteiger partial charge in [-0.05, 0) is 56.2 Å². The van der Waals surface area contributed by atoms with Gasteiger partial charge in [-0.2, -0.15) is 0 Å². The van der Waals surface area contributed by atoms with Crippen LogP contribution >= 0.6 is 0 Å². The molecule has 30 heavy (non-hydrogen) atoms. The third-order valence-corrected chi connectivity index (χ3v) is 6.88. The van der Waals surface area contributed by atoms with Crippen LogP contribution in [0.5, 0.6) is 0 Å². The lowest BCUT2D eigenvalue weighted by Gasteiger charge is -2.33. The molecule has 2 fully saturated rings. The predicted octanol–water partition coefficient (Wildman–Crippen LogP) is 3.68. The minimum Gasteiger partial charge on any atom is -0.394 e. The molecule has 0 spiro atoms. The maximum atomic E-state index is 9.81. The lowest BCUT2D eigenvalue weighted by molar-refractivity contribution is 0.266. The van der Waals surface area contributed by atoms with Crippen LogP contribution < -0.4 is 14.7 Å². The van der Waals surface area contributed by atoms with E-state index in [1.807, 2.05) is 0 Å². The summed E-state index contributed by atoms with van der Waals surface area (Å²) in [6.45, 7) is 6.57. The number of anilines is 4. The van der Waals surface area contributed by atoms with Crippen LogP contribution in [-0.2, 0) is 12.8 Å². The largest absolute Gasteiger partial charge is 0.394 e. The number of aliphatic hydroxyl groups excluding tert-OH is 1. The Balaban J connectivity index is 1.53. The standard InChI is InChI=1S/C24H33N5O/c1-2-22-25-23(28-13-6-8-20(28)17-30)16-24(26-22)29-14-5-7-18-9-10-19(15-21(18)29)27-11-3-4-12-27/h9-10,15-16,20,30H,2-8,11-14,17H2,1H3. The molecule has 160 valence electrons. The average Bonchev–Trinajstić information content (AvgIpc) is 3.50. The van der Waals surface area contributed by atoms with E-state index in [9.17, 15) is 5.11 Å². The molecule has 0 bridgehead atoms. The number of aryl methyl sites for hydroxylation is 2. The maximum Gasteiger partial charge on any atom is 0.138 e. The van der Waals surface area contributed by atoms with Crippen molar-refractivity contribution in [3.63, 3.8) is 0 Å². The van der Waals surface area contributed by atoms with Gasteiger partial charge in [-0.25, -0.2) is 9.97 Å². The zero-order valence-corrected chi connectivity index (χ0v) is 18.1. The van der Waals surface area contributed by atoms with Crippen LogP contribution in [0, 0.1) is 0 Å². The van der Waals surface area contributed by atoms with Gasteiger partial charge in [-0.1, -0.05) is 13.0 Å². The molecule has 0 amide bonds. The van der Waals surface area contributed by atoms with Crippen molar-refractivity contribution < 1.29 is 5.11 Å². The van der Waals surface area contributed by atoms with Crippen LogP contribution in [0.3, 0.4) is 0 Å². The Hall–Kier alpha value is -2.34. The molecule has 1 unspecified atom stereocenters. The number of benzene rings is 1. The highest BCUT2D eigenvalue weighted by Gasteiger charge is 2.28. The third kappa shape index (κ3) is 3.62. The van der Waals surface area contributed by atoms with Crippen molar-refractivity contribution in [2.45, 2.75) is 57.9 Å². The Kier molecular flexibility index (Phi) is 5.50. The van der Waals surface area contributed by atoms with Gasteiger partial charge in [0, 0.05) is 50.0 Å². The number of hydrogen-bond donors (Lipinski definition) is 1. The summed E-state index contributed by atoms with van der Waals surface area (Å²) in [4.78, 5) is 16.9. The van der Waals surface area contributed by atoms with Crippen molar-refractivity contribution in [2.75, 3.05) is 47.5 Å². The molecule has 1 aromatic carbocycles. The minimum absolute atomic E-state index is 0.174. The van der Waals surface area contributed by atoms with E-state index < -0.39 is 0 Å². The molecule has 1 aromatic heterocycles. The molecular formula is C24H33N5O. The predicted molar refractivity (Wildman–Crippen MR) is 122 cm³/mol. The molecule has 1 atom stereocenters. The highest BCUT2D eigenvalue weighted by atomic mass is 16.3. The zero-order valence-electron chi connectivity index (χ0n) is 18.1. The number of aromatic nitrogens is 2. The first-order valence-electron chi connectivity index (χ1n) is 11.7. The van der Waals surface area contributed by atoms with Crippen molar-refractivity contribution >= 4 is 23.0 Å². The Morgan fingerprint density at radius 3 is 2.60 bits per heavy atom. The van der Waals surface area contributed by atoms with Gasteiger partial charge in [-0.3, -0.25) is 0 Å². The monoisotopic (exact) mass is 407 g/mol. The van der Waals surface area contributed by atoms with Gasteiger partial charge in [0.25, 0.3) is 0 Å². The lowest BCUT2D eigenvalue weighted by atomic mass is 10.0. The fourth-order valence-corrected chi connectivity index (χ4v) is 5.21. The normalized spacial score (nSPS) is 21.4. The van der Waals surface area contributed by atoms with Crippen molar-refractivity contribution in [3.8, 4) is 0 Å². The maximum absolute atomic E-state index is 9.81. The number of fused-ring (bicyclic) bond motifs is 1. The summed E-state index contributed by atoms with van der Waals surface area (Å²) in [5, 5.41) is 9.81. The van der Waals surface area contributed by atoms with E-state index in [4.69, 9.17) is 9.97 Å². The van der Waals surface area contributed by atoms with Gasteiger partial charge in [0.05, 0.1) is 12.6 Å². The Morgan fingerprint density at radius 1 is 0.967 bits per heavy atom. The highest BCUT2D eigenvalue weighted by Crippen LogP contribution is 2.37. The van der Waals surface area contributed by atoms with Crippen LogP contribution in [0.2, 0.25) is 0 Å². The molecule has 0 radical (unpaired) electrons. The smallest absolute Gasteiger partial charge is 0.138 e. The van der Waals surface area contributed by atoms with Crippen LogP contribution in [-0.4, -0.2) is 53.9 Å². The fourth-order valence-electron chi connectivity index (χ4n) is 5.21. The van der Waals surface area contributed by atoms with Crippen LogP contribution in [0.25, 0.3) is 0 Å². The fraction of sp³-hybridized carbons (Fsp3) is 0.583. The van der Waals surface area contributed by atoms with Crippen molar-refractivity contribution in [1.29, 1.82) is 0 Å². The summed E-state index contributed by atoms with van der Waals surface area (Å²) in [6, 6.07) is 9.31. The molecule has 0 saturated carbocycles. The molecular weight excluding hydrogens is 374 g/mol. The molecule has 2 saturated heterocycles. The van der Waals surface area contributed by atoms with E-state index in [0.29, 0.717) is 0 Å². The summed E-state index contributed by atoms with van der Waals surface area (Å²) in [7, 11) is 0. The van der Waals surface area contributed by atoms with Gasteiger partial charge in [-0.15, -0.1) is 0 Å². The minimum atomic E-state index is 0.174. The number of hydrogen-bond acceptors (Lipinski definition) is 6. The Bertz CT molecular complexity index is 895. The second kappa shape index (κ2) is 8.42. The molecule has 5 rings (SSSR count). The summed E-state index contributed by atoms with van der Waals surface area (Å²) < 4.78 is 0. The number of nitrogens with zero attached hydrogens (tertiary/aromatic N) is 5. The van der Waals surface area contributed by atoms with E-state index in [1.54, 1.807) is 0 Å². The summed E-state index contributed by atoms with van der Waals surface area (Å²) in [6.07, 6.45) is 7.80. The first kappa shape index (κ1) is 19.6. The van der Waals surface area contributed by atoms with E-state index >= 15 is 0 Å². The van der Waals surface area contributed by atoms with Gasteiger partial charge >= 0.3 is 0 Å². The van der Waals surface area contributed by atoms with Crippen LogP contribution in [0.1, 0.15) is 50.4 Å². The van der Waals surface area contributed by atoms with Crippen LogP contribution in [0.15, 0.2) is 24.3 Å². The second-order valence-electron chi connectivity index (χ2n) is 8.79. The first-order chi connectivity index (χ1) is 14.8. The molecule has 6 heteroatoms. The topological polar surface area (TPSA) is 55.7 Å². The zero-order chi connectivity index (χ0) is 20.5. The quantitative estimate of drug-likeness (QED) is 0.816. The van der Waals surface area contributed by atoms with Crippen molar-refractivity contribution in [3.05, 3.63) is 35.7 Å². The van der Waals surface area contributed by atoms with Crippen molar-refractivity contribution in [2.24, 2.45) is 0 Å². The lowest BCUT2D eigenvalue weighted by Crippen LogP contribution is -2.33. The molecule has 2 aromatic rings. The van der Waals surface area contributed by atoms with E-state index in [0.717, 1.165) is 75.7 Å². The summed E-state index contributed by atoms with van der Waals surface area (Å²) in [5.74, 6) is 2.85. The van der Waals surface area contributed by atoms with Gasteiger partial charge < -0.3 is 19.8 Å². The van der Waals surface area contributed by atoms with Crippen molar-refractivity contribution in [1.82, 2.24) is 9.97 Å². The van der Waals surface area contributed by atoms with Crippen LogP contribution in [0.4, 0.5) is 23.0 Å². The summed E-state index contributed by atoms with van der Waals surface area (Å²) >= 11 is 0. The average molecular weight is 408 g/mol. The molecule has 3 aliphatic rings. The van der Waals surface area contributed by atoms with E-state index in [2.05, 4.69) is 45.9 Å². The molecule has 3 aliphatic heterocycles. The Morgan fingerprint density at radius 2 is 1.80 bits per heavy atom. The molecule has 4 heterocycles. The van der Waals surface area contributed by atoms with Gasteiger partial charge in [0.15, 0.2) is 0 Å². The number of rotatable bonds is 5.